The molecule has 9 nitrogen and oxygen atoms in total. The van der Waals surface area contributed by atoms with Crippen LogP contribution in [-0.4, -0.2) is 64.9 Å². The average molecular weight is 522 g/mol. The molecule has 2 atom stereocenters. The molecule has 1 saturated heterocycles. The molecule has 2 amide bonds. The van der Waals surface area contributed by atoms with Gasteiger partial charge in [-0.1, -0.05) is 25.0 Å². The molecule has 3 aliphatic rings. The zero-order chi connectivity index (χ0) is 27.1. The monoisotopic (exact) mass is 521 g/mol. The highest BCUT2D eigenvalue weighted by atomic mass is 16.6. The summed E-state index contributed by atoms with van der Waals surface area (Å²) in [5.41, 5.74) is 5.09. The van der Waals surface area contributed by atoms with Gasteiger partial charge in [0.1, 0.15) is 0 Å². The number of benzene rings is 1. The molecule has 38 heavy (non-hydrogen) atoms. The SMILES string of the molecule is CC(=O)N1c2ccc(C3(C4CCCC4)CNN(CC(C)(C)O)C3)cc2N(C(=O)Oc2ccccn2)C[C@@H]1C. The molecule has 0 bridgehead atoms. The number of β-amino-alcohol motifs (C(OH)–C–C–N with tert-alkyl or cyclic N) is 1. The number of pyridine rings is 1. The topological polar surface area (TPSA) is 98.2 Å². The quantitative estimate of drug-likeness (QED) is 0.617. The number of rotatable bonds is 5. The smallest absolute Gasteiger partial charge is 0.391 e. The molecule has 0 radical (unpaired) electrons. The fraction of sp³-hybridized carbons (Fsp3) is 0.552. The van der Waals surface area contributed by atoms with Crippen LogP contribution in [-0.2, 0) is 10.2 Å². The van der Waals surface area contributed by atoms with Gasteiger partial charge in [0, 0.05) is 50.8 Å². The van der Waals surface area contributed by atoms with Crippen molar-refractivity contribution in [1.82, 2.24) is 15.4 Å². The minimum Gasteiger partial charge on any atom is -0.391 e. The van der Waals surface area contributed by atoms with Gasteiger partial charge in [0.05, 0.1) is 23.0 Å². The van der Waals surface area contributed by atoms with E-state index in [2.05, 4.69) is 27.6 Å². The summed E-state index contributed by atoms with van der Waals surface area (Å²) in [6, 6.07) is 11.2. The third kappa shape index (κ3) is 5.15. The van der Waals surface area contributed by atoms with E-state index in [0.717, 1.165) is 31.5 Å². The number of carbonyl (C=O) groups is 2. The molecule has 2 fully saturated rings. The first-order valence-corrected chi connectivity index (χ1v) is 13.6. The Bertz CT molecular complexity index is 1180. The molecule has 1 aromatic carbocycles. The second kappa shape index (κ2) is 10.3. The van der Waals surface area contributed by atoms with Crippen molar-refractivity contribution in [2.75, 3.05) is 36.0 Å². The Morgan fingerprint density at radius 1 is 1.18 bits per heavy atom. The van der Waals surface area contributed by atoms with Gasteiger partial charge in [-0.2, -0.15) is 0 Å². The van der Waals surface area contributed by atoms with Gasteiger partial charge >= 0.3 is 6.09 Å². The van der Waals surface area contributed by atoms with E-state index < -0.39 is 11.7 Å². The molecular weight excluding hydrogens is 482 g/mol. The van der Waals surface area contributed by atoms with Gasteiger partial charge < -0.3 is 14.7 Å². The number of anilines is 2. The number of fused-ring (bicyclic) bond motifs is 1. The Hall–Kier alpha value is -3.01. The average Bonchev–Trinajstić information content (AvgIpc) is 3.54. The summed E-state index contributed by atoms with van der Waals surface area (Å²) in [6.07, 6.45) is 5.79. The van der Waals surface area contributed by atoms with Crippen LogP contribution in [0.15, 0.2) is 42.6 Å². The van der Waals surface area contributed by atoms with Crippen molar-refractivity contribution in [2.45, 2.75) is 70.4 Å². The maximum Gasteiger partial charge on any atom is 0.421 e. The summed E-state index contributed by atoms with van der Waals surface area (Å²) >= 11 is 0. The first kappa shape index (κ1) is 26.6. The maximum atomic E-state index is 13.4. The van der Waals surface area contributed by atoms with Gasteiger partial charge in [-0.3, -0.25) is 15.1 Å². The molecule has 2 aromatic rings. The summed E-state index contributed by atoms with van der Waals surface area (Å²) in [4.78, 5) is 33.7. The normalized spacial score (nSPS) is 24.5. The number of amides is 2. The Morgan fingerprint density at radius 2 is 1.95 bits per heavy atom. The zero-order valence-corrected chi connectivity index (χ0v) is 22.8. The highest BCUT2D eigenvalue weighted by Gasteiger charge is 2.48. The van der Waals surface area contributed by atoms with E-state index in [4.69, 9.17) is 4.74 Å². The predicted octanol–water partition coefficient (Wildman–Crippen LogP) is 3.86. The van der Waals surface area contributed by atoms with Crippen molar-refractivity contribution in [3.63, 3.8) is 0 Å². The molecule has 1 unspecified atom stereocenters. The van der Waals surface area contributed by atoms with E-state index in [-0.39, 0.29) is 23.2 Å². The molecule has 1 aliphatic carbocycles. The third-order valence-corrected chi connectivity index (χ3v) is 8.18. The van der Waals surface area contributed by atoms with E-state index in [9.17, 15) is 14.7 Å². The molecule has 2 N–H and O–H groups in total. The van der Waals surface area contributed by atoms with Gasteiger partial charge in [-0.05, 0) is 63.3 Å². The molecule has 1 saturated carbocycles. The highest BCUT2D eigenvalue weighted by Crippen LogP contribution is 2.47. The van der Waals surface area contributed by atoms with E-state index in [1.165, 1.54) is 12.8 Å². The molecule has 5 rings (SSSR count). The van der Waals surface area contributed by atoms with E-state index >= 15 is 0 Å². The fourth-order valence-corrected chi connectivity index (χ4v) is 6.60. The molecule has 2 aliphatic heterocycles. The number of nitrogens with zero attached hydrogens (tertiary/aromatic N) is 4. The van der Waals surface area contributed by atoms with Crippen LogP contribution >= 0.6 is 0 Å². The molecular formula is C29H39N5O4. The van der Waals surface area contributed by atoms with Crippen molar-refractivity contribution < 1.29 is 19.4 Å². The Kier molecular flexibility index (Phi) is 7.19. The maximum absolute atomic E-state index is 13.4. The summed E-state index contributed by atoms with van der Waals surface area (Å²) in [7, 11) is 0. The summed E-state index contributed by atoms with van der Waals surface area (Å²) in [5, 5.41) is 12.6. The zero-order valence-electron chi connectivity index (χ0n) is 22.8. The number of hydrogen-bond acceptors (Lipinski definition) is 7. The van der Waals surface area contributed by atoms with Gasteiger partial charge in [0.15, 0.2) is 0 Å². The lowest BCUT2D eigenvalue weighted by Crippen LogP contribution is -2.52. The molecule has 0 spiro atoms. The van der Waals surface area contributed by atoms with Crippen LogP contribution in [0.25, 0.3) is 0 Å². The highest BCUT2D eigenvalue weighted by molar-refractivity contribution is 6.02. The lowest BCUT2D eigenvalue weighted by atomic mass is 9.69. The van der Waals surface area contributed by atoms with Crippen LogP contribution in [0.3, 0.4) is 0 Å². The molecule has 204 valence electrons. The number of ether oxygens (including phenoxy) is 1. The first-order chi connectivity index (χ1) is 18.1. The van der Waals surface area contributed by atoms with Gasteiger partial charge in [-0.15, -0.1) is 0 Å². The Balaban J connectivity index is 1.55. The minimum absolute atomic E-state index is 0.0614. The van der Waals surface area contributed by atoms with Crippen molar-refractivity contribution in [2.24, 2.45) is 5.92 Å². The largest absolute Gasteiger partial charge is 0.421 e. The number of aromatic nitrogens is 1. The predicted molar refractivity (Wildman–Crippen MR) is 146 cm³/mol. The lowest BCUT2D eigenvalue weighted by Gasteiger charge is -2.42. The number of aliphatic hydroxyl groups is 1. The standard InChI is InChI=1S/C29H39N5O4/c1-20-16-33(27(36)38-26-11-7-8-14-30-26)25-15-23(12-13-24(25)34(20)21(2)35)29(22-9-5-6-10-22)17-31-32(19-29)18-28(3,4)37/h7-8,11-15,20,22,31,37H,5-6,9-10,16-19H2,1-4H3/t20-,29?/m0/s1. The Morgan fingerprint density at radius 3 is 2.61 bits per heavy atom. The van der Waals surface area contributed by atoms with Crippen molar-refractivity contribution in [3.8, 4) is 5.88 Å². The van der Waals surface area contributed by atoms with E-state index in [1.807, 2.05) is 26.8 Å². The molecule has 9 heteroatoms. The van der Waals surface area contributed by atoms with Crippen LogP contribution < -0.4 is 20.0 Å². The number of hydrazine groups is 1. The van der Waals surface area contributed by atoms with Crippen LogP contribution in [0.4, 0.5) is 16.2 Å². The summed E-state index contributed by atoms with van der Waals surface area (Å²) in [5.74, 6) is 0.662. The van der Waals surface area contributed by atoms with Crippen molar-refractivity contribution >= 4 is 23.4 Å². The van der Waals surface area contributed by atoms with Crippen LogP contribution in [0.1, 0.15) is 58.9 Å². The third-order valence-electron chi connectivity index (χ3n) is 8.18. The first-order valence-electron chi connectivity index (χ1n) is 13.6. The fourth-order valence-electron chi connectivity index (χ4n) is 6.60. The van der Waals surface area contributed by atoms with Crippen LogP contribution in [0.5, 0.6) is 5.88 Å². The number of hydrogen-bond donors (Lipinski definition) is 2. The van der Waals surface area contributed by atoms with Gasteiger partial charge in [0.2, 0.25) is 11.8 Å². The number of nitrogens with one attached hydrogen (secondary N) is 1. The summed E-state index contributed by atoms with van der Waals surface area (Å²) in [6.45, 7) is 9.52. The van der Waals surface area contributed by atoms with Gasteiger partial charge in [-0.25, -0.2) is 14.8 Å². The Labute approximate surface area is 224 Å². The second-order valence-corrected chi connectivity index (χ2v) is 11.7. The van der Waals surface area contributed by atoms with Gasteiger partial charge in [0.25, 0.3) is 0 Å². The molecule has 3 heterocycles. The summed E-state index contributed by atoms with van der Waals surface area (Å²) < 4.78 is 5.64. The molecule has 1 aromatic heterocycles. The number of carbonyl (C=O) groups excluding carboxylic acids is 2. The van der Waals surface area contributed by atoms with Crippen molar-refractivity contribution in [1.29, 1.82) is 0 Å². The van der Waals surface area contributed by atoms with E-state index in [0.29, 0.717) is 30.4 Å². The van der Waals surface area contributed by atoms with E-state index in [1.54, 1.807) is 41.1 Å². The van der Waals surface area contributed by atoms with Crippen LogP contribution in [0.2, 0.25) is 0 Å². The minimum atomic E-state index is -0.821. The van der Waals surface area contributed by atoms with Crippen LogP contribution in [0, 0.1) is 5.92 Å². The van der Waals surface area contributed by atoms with Crippen molar-refractivity contribution in [3.05, 3.63) is 48.2 Å². The second-order valence-electron chi connectivity index (χ2n) is 11.7. The lowest BCUT2D eigenvalue weighted by molar-refractivity contribution is -0.117.